The molecule has 3 heterocycles. The number of imide groups is 1. The normalized spacial score (nSPS) is 24.4. The molecule has 0 radical (unpaired) electrons. The van der Waals surface area contributed by atoms with Crippen LogP contribution in [-0.4, -0.2) is 35.1 Å². The average molecular weight is 455 g/mol. The molecule has 10 heteroatoms. The lowest BCUT2D eigenvalue weighted by atomic mass is 9.89. The van der Waals surface area contributed by atoms with E-state index in [0.29, 0.717) is 15.6 Å². The van der Waals surface area contributed by atoms with Crippen molar-refractivity contribution < 1.29 is 19.1 Å². The van der Waals surface area contributed by atoms with E-state index in [-0.39, 0.29) is 4.87 Å². The van der Waals surface area contributed by atoms with E-state index >= 15 is 0 Å². The van der Waals surface area contributed by atoms with Crippen molar-refractivity contribution in [1.82, 2.24) is 4.98 Å². The first-order valence-corrected chi connectivity index (χ1v) is 10.0. The number of aromatic amines is 1. The van der Waals surface area contributed by atoms with Crippen LogP contribution in [0, 0.1) is 5.92 Å². The quantitative estimate of drug-likeness (QED) is 0.551. The van der Waals surface area contributed by atoms with E-state index in [0.717, 1.165) is 32.5 Å². The van der Waals surface area contributed by atoms with Gasteiger partial charge >= 0.3 is 10.8 Å². The second-order valence-electron chi connectivity index (χ2n) is 5.76. The number of esters is 1. The van der Waals surface area contributed by atoms with Gasteiger partial charge in [0.1, 0.15) is 11.2 Å². The van der Waals surface area contributed by atoms with E-state index in [2.05, 4.69) is 20.9 Å². The van der Waals surface area contributed by atoms with Crippen LogP contribution in [0.25, 0.3) is 0 Å². The largest absolute Gasteiger partial charge is 0.469 e. The summed E-state index contributed by atoms with van der Waals surface area (Å²) in [4.78, 5) is 54.0. The molecule has 26 heavy (non-hydrogen) atoms. The number of carbonyl (C=O) groups excluding carboxylic acids is 3. The fourth-order valence-electron chi connectivity index (χ4n) is 3.24. The third-order valence-corrected chi connectivity index (χ3v) is 7.29. The number of thioether (sulfide) groups is 1. The molecular formula is C16H11BrN2O5S2. The first kappa shape index (κ1) is 17.5. The first-order chi connectivity index (χ1) is 12.4. The number of H-pyrrole nitrogens is 1. The second-order valence-corrected chi connectivity index (χ2v) is 8.84. The van der Waals surface area contributed by atoms with E-state index in [9.17, 15) is 19.2 Å². The molecule has 2 aliphatic rings. The van der Waals surface area contributed by atoms with Gasteiger partial charge in [-0.05, 0) is 24.3 Å². The average Bonchev–Trinajstić information content (AvgIpc) is 3.11. The number of benzene rings is 1. The molecular weight excluding hydrogens is 444 g/mol. The Hall–Kier alpha value is -1.91. The van der Waals surface area contributed by atoms with Crippen LogP contribution >= 0.6 is 39.0 Å². The van der Waals surface area contributed by atoms with Crippen LogP contribution in [0.15, 0.2) is 38.6 Å². The highest BCUT2D eigenvalue weighted by molar-refractivity contribution is 9.10. The summed E-state index contributed by atoms with van der Waals surface area (Å²) in [5.41, 5.74) is 0.443. The van der Waals surface area contributed by atoms with Crippen LogP contribution in [0.5, 0.6) is 0 Å². The number of carbonyl (C=O) groups is 3. The molecule has 1 fully saturated rings. The molecule has 0 saturated carbocycles. The van der Waals surface area contributed by atoms with Crippen LogP contribution < -0.4 is 9.77 Å². The molecule has 2 aromatic rings. The molecule has 7 nitrogen and oxygen atoms in total. The van der Waals surface area contributed by atoms with Gasteiger partial charge in [0.2, 0.25) is 11.8 Å². The molecule has 3 atom stereocenters. The maximum absolute atomic E-state index is 13.1. The summed E-state index contributed by atoms with van der Waals surface area (Å²) in [5, 5.41) is -0.330. The molecule has 3 unspecified atom stereocenters. The molecule has 134 valence electrons. The number of hydrogen-bond acceptors (Lipinski definition) is 7. The number of methoxy groups -OCH3 is 1. The van der Waals surface area contributed by atoms with Crippen LogP contribution in [0.1, 0.15) is 10.8 Å². The smallest absolute Gasteiger partial charge is 0.314 e. The van der Waals surface area contributed by atoms with E-state index in [1.807, 2.05) is 0 Å². The van der Waals surface area contributed by atoms with Crippen molar-refractivity contribution in [3.63, 3.8) is 0 Å². The van der Waals surface area contributed by atoms with E-state index in [1.165, 1.54) is 7.11 Å². The van der Waals surface area contributed by atoms with Crippen molar-refractivity contribution in [2.75, 3.05) is 12.0 Å². The van der Waals surface area contributed by atoms with E-state index in [4.69, 9.17) is 4.74 Å². The van der Waals surface area contributed by atoms with Gasteiger partial charge in [-0.2, -0.15) is 0 Å². The number of aromatic nitrogens is 1. The number of rotatable bonds is 2. The fraction of sp³-hybridized carbons (Fsp3) is 0.250. The van der Waals surface area contributed by atoms with Gasteiger partial charge < -0.3 is 9.72 Å². The minimum absolute atomic E-state index is 0.332. The van der Waals surface area contributed by atoms with E-state index < -0.39 is 34.9 Å². The maximum Gasteiger partial charge on any atom is 0.314 e. The molecule has 1 aromatic carbocycles. The molecule has 1 saturated heterocycles. The summed E-state index contributed by atoms with van der Waals surface area (Å²) in [6, 6.07) is 6.79. The Morgan fingerprint density at radius 1 is 1.19 bits per heavy atom. The Bertz CT molecular complexity index is 983. The van der Waals surface area contributed by atoms with Gasteiger partial charge in [-0.25, -0.2) is 4.90 Å². The highest BCUT2D eigenvalue weighted by atomic mass is 79.9. The molecule has 2 aliphatic heterocycles. The highest BCUT2D eigenvalue weighted by Crippen LogP contribution is 2.51. The van der Waals surface area contributed by atoms with Crippen LogP contribution in [0.2, 0.25) is 0 Å². The molecule has 0 aliphatic carbocycles. The lowest BCUT2D eigenvalue weighted by Crippen LogP contribution is -2.35. The van der Waals surface area contributed by atoms with Crippen LogP contribution in [-0.2, 0) is 19.1 Å². The summed E-state index contributed by atoms with van der Waals surface area (Å²) in [7, 11) is 1.22. The first-order valence-electron chi connectivity index (χ1n) is 7.53. The predicted molar refractivity (Wildman–Crippen MR) is 99.5 cm³/mol. The van der Waals surface area contributed by atoms with Crippen LogP contribution in [0.4, 0.5) is 5.69 Å². The number of amides is 2. The molecule has 1 N–H and O–H groups in total. The Morgan fingerprint density at radius 3 is 2.54 bits per heavy atom. The second kappa shape index (κ2) is 6.36. The lowest BCUT2D eigenvalue weighted by molar-refractivity contribution is -0.145. The Balaban J connectivity index is 1.81. The summed E-state index contributed by atoms with van der Waals surface area (Å²) < 4.78 is 5.68. The molecule has 2 amide bonds. The number of nitrogens with zero attached hydrogens (tertiary/aromatic N) is 1. The number of halogens is 1. The third-order valence-electron chi connectivity index (χ3n) is 4.36. The van der Waals surface area contributed by atoms with Gasteiger partial charge in [0.05, 0.1) is 28.6 Å². The highest BCUT2D eigenvalue weighted by Gasteiger charge is 2.58. The number of ether oxygens (including phenoxy) is 1. The maximum atomic E-state index is 13.1. The monoisotopic (exact) mass is 454 g/mol. The molecule has 4 rings (SSSR count). The zero-order valence-electron chi connectivity index (χ0n) is 13.2. The van der Waals surface area contributed by atoms with Crippen molar-refractivity contribution >= 4 is 62.5 Å². The van der Waals surface area contributed by atoms with Gasteiger partial charge in [0.15, 0.2) is 0 Å². The summed E-state index contributed by atoms with van der Waals surface area (Å²) in [6.45, 7) is 0. The van der Waals surface area contributed by atoms with Crippen molar-refractivity contribution in [2.45, 2.75) is 16.2 Å². The summed E-state index contributed by atoms with van der Waals surface area (Å²) >= 11 is 5.31. The minimum atomic E-state index is -0.970. The minimum Gasteiger partial charge on any atom is -0.469 e. The number of anilines is 1. The Morgan fingerprint density at radius 2 is 1.88 bits per heavy atom. The van der Waals surface area contributed by atoms with Crippen molar-refractivity contribution in [3.05, 3.63) is 43.3 Å². The number of nitrogens with one attached hydrogen (secondary N) is 1. The lowest BCUT2D eigenvalue weighted by Gasteiger charge is -2.27. The van der Waals surface area contributed by atoms with Gasteiger partial charge in [0.25, 0.3) is 0 Å². The number of hydrogen-bond donors (Lipinski definition) is 1. The fourth-order valence-corrected chi connectivity index (χ4v) is 5.98. The summed E-state index contributed by atoms with van der Waals surface area (Å²) in [6.07, 6.45) is 0. The molecule has 1 aromatic heterocycles. The SMILES string of the molecule is COC(=O)C1c2sc(=O)[nH]c2SC2C(=O)N(c3ccc(Br)cc3)C(=O)C21. The van der Waals surface area contributed by atoms with Crippen molar-refractivity contribution in [3.8, 4) is 0 Å². The third kappa shape index (κ3) is 2.55. The molecule has 0 spiro atoms. The number of thiazole rings is 1. The Kier molecular flexibility index (Phi) is 4.28. The number of fused-ring (bicyclic) bond motifs is 2. The van der Waals surface area contributed by atoms with Gasteiger partial charge in [-0.3, -0.25) is 19.2 Å². The summed E-state index contributed by atoms with van der Waals surface area (Å²) in [5.74, 6) is -3.36. The van der Waals surface area contributed by atoms with E-state index in [1.54, 1.807) is 24.3 Å². The Labute approximate surface area is 163 Å². The van der Waals surface area contributed by atoms with Crippen LogP contribution in [0.3, 0.4) is 0 Å². The predicted octanol–water partition coefficient (Wildman–Crippen LogP) is 2.12. The zero-order valence-corrected chi connectivity index (χ0v) is 16.4. The topological polar surface area (TPSA) is 96.5 Å². The van der Waals surface area contributed by atoms with Gasteiger partial charge in [0, 0.05) is 4.47 Å². The van der Waals surface area contributed by atoms with Gasteiger partial charge in [-0.15, -0.1) is 0 Å². The van der Waals surface area contributed by atoms with Gasteiger partial charge in [-0.1, -0.05) is 39.0 Å². The molecule has 0 bridgehead atoms. The standard InChI is InChI=1S/C16H11BrN2O5S2/c1-24-15(22)9-8-11(25-12-10(9)26-16(23)18-12)14(21)19(13(8)20)7-4-2-6(17)3-5-7/h2-5,8-9,11H,1H3,(H,18,23). The zero-order chi connectivity index (χ0) is 18.6. The van der Waals surface area contributed by atoms with Crippen molar-refractivity contribution in [2.24, 2.45) is 5.92 Å². The van der Waals surface area contributed by atoms with Crippen molar-refractivity contribution in [1.29, 1.82) is 0 Å².